The van der Waals surface area contributed by atoms with Gasteiger partial charge in [-0.25, -0.2) is 4.98 Å². The number of methoxy groups -OCH3 is 1. The van der Waals surface area contributed by atoms with Crippen molar-refractivity contribution in [2.45, 2.75) is 52.2 Å². The molecule has 0 bridgehead atoms. The van der Waals surface area contributed by atoms with Crippen LogP contribution >= 0.6 is 0 Å². The molecule has 7 nitrogen and oxygen atoms in total. The third kappa shape index (κ3) is 4.77. The molecule has 2 aromatic heterocycles. The summed E-state index contributed by atoms with van der Waals surface area (Å²) in [5, 5.41) is 20.9. The van der Waals surface area contributed by atoms with E-state index in [2.05, 4.69) is 73.3 Å². The van der Waals surface area contributed by atoms with Gasteiger partial charge in [0.15, 0.2) is 5.58 Å². The normalized spacial score (nSPS) is 16.5. The van der Waals surface area contributed by atoms with Crippen molar-refractivity contribution < 1.29 is 14.3 Å². The molecule has 1 aliphatic carbocycles. The van der Waals surface area contributed by atoms with Gasteiger partial charge in [-0.05, 0) is 85.0 Å². The Morgan fingerprint density at radius 1 is 1.05 bits per heavy atom. The van der Waals surface area contributed by atoms with E-state index in [0.717, 1.165) is 93.7 Å². The summed E-state index contributed by atoms with van der Waals surface area (Å²) in [7, 11) is 1.62. The molecule has 2 aliphatic rings. The van der Waals surface area contributed by atoms with E-state index in [1.807, 2.05) is 6.20 Å². The SMILES string of the molecule is COc1nc(-c2cccc(-c3cccc(-c4cc5cc6c(c(C#N)c5o4)CCC6)c3C)c2C)cnc1CN1CC[C@@H](O)C1. The second-order valence-electron chi connectivity index (χ2n) is 11.7. The minimum atomic E-state index is -0.284. The van der Waals surface area contributed by atoms with Gasteiger partial charge >= 0.3 is 0 Å². The zero-order chi connectivity index (χ0) is 29.7. The molecule has 43 heavy (non-hydrogen) atoms. The minimum Gasteiger partial charge on any atom is -0.480 e. The maximum atomic E-state index is 9.96. The lowest BCUT2D eigenvalue weighted by Crippen LogP contribution is -2.22. The molecular formula is C36H34N4O3. The number of fused-ring (bicyclic) bond motifs is 2. The molecule has 0 amide bonds. The van der Waals surface area contributed by atoms with Crippen LogP contribution in [0.15, 0.2) is 59.1 Å². The van der Waals surface area contributed by atoms with E-state index in [4.69, 9.17) is 19.1 Å². The number of nitriles is 1. The Morgan fingerprint density at radius 3 is 2.51 bits per heavy atom. The van der Waals surface area contributed by atoms with Crippen molar-refractivity contribution in [3.8, 4) is 45.7 Å². The molecule has 3 heterocycles. The van der Waals surface area contributed by atoms with Gasteiger partial charge in [0.1, 0.15) is 17.5 Å². The number of aromatic nitrogens is 2. The molecule has 1 saturated heterocycles. The van der Waals surface area contributed by atoms with Crippen molar-refractivity contribution in [1.82, 2.24) is 14.9 Å². The third-order valence-corrected chi connectivity index (χ3v) is 9.12. The maximum absolute atomic E-state index is 9.96. The van der Waals surface area contributed by atoms with Crippen molar-refractivity contribution in [1.29, 1.82) is 5.26 Å². The van der Waals surface area contributed by atoms with Crippen LogP contribution < -0.4 is 4.74 Å². The van der Waals surface area contributed by atoms with E-state index in [0.29, 0.717) is 30.1 Å². The quantitative estimate of drug-likeness (QED) is 0.241. The molecule has 0 spiro atoms. The van der Waals surface area contributed by atoms with Crippen molar-refractivity contribution >= 4 is 11.0 Å². The van der Waals surface area contributed by atoms with Crippen LogP contribution in [0.1, 0.15) is 46.4 Å². The van der Waals surface area contributed by atoms with E-state index in [-0.39, 0.29) is 6.10 Å². The largest absolute Gasteiger partial charge is 0.480 e. The van der Waals surface area contributed by atoms with Gasteiger partial charge in [-0.15, -0.1) is 0 Å². The second-order valence-corrected chi connectivity index (χ2v) is 11.7. The lowest BCUT2D eigenvalue weighted by Gasteiger charge is -2.17. The van der Waals surface area contributed by atoms with Crippen molar-refractivity contribution in [3.63, 3.8) is 0 Å². The smallest absolute Gasteiger partial charge is 0.237 e. The van der Waals surface area contributed by atoms with Crippen LogP contribution in [0, 0.1) is 25.2 Å². The van der Waals surface area contributed by atoms with Crippen molar-refractivity contribution in [3.05, 3.63) is 88.2 Å². The molecule has 7 rings (SSSR count). The average molecular weight is 571 g/mol. The Balaban J connectivity index is 1.25. The Morgan fingerprint density at radius 2 is 1.79 bits per heavy atom. The number of aliphatic hydroxyl groups is 1. The summed E-state index contributed by atoms with van der Waals surface area (Å²) in [6.45, 7) is 6.32. The van der Waals surface area contributed by atoms with Crippen LogP contribution in [0.5, 0.6) is 5.88 Å². The highest BCUT2D eigenvalue weighted by molar-refractivity contribution is 5.91. The number of benzene rings is 3. The molecule has 0 saturated carbocycles. The van der Waals surface area contributed by atoms with Crippen LogP contribution in [-0.2, 0) is 19.4 Å². The van der Waals surface area contributed by atoms with Gasteiger partial charge in [0.25, 0.3) is 0 Å². The highest BCUT2D eigenvalue weighted by Gasteiger charge is 2.24. The minimum absolute atomic E-state index is 0.284. The molecule has 1 N–H and O–H groups in total. The molecule has 216 valence electrons. The fourth-order valence-electron chi connectivity index (χ4n) is 6.86. The molecule has 1 fully saturated rings. The van der Waals surface area contributed by atoms with Crippen LogP contribution in [0.3, 0.4) is 0 Å². The molecule has 0 radical (unpaired) electrons. The Bertz CT molecular complexity index is 1920. The van der Waals surface area contributed by atoms with E-state index < -0.39 is 0 Å². The fourth-order valence-corrected chi connectivity index (χ4v) is 6.86. The lowest BCUT2D eigenvalue weighted by molar-refractivity contribution is 0.174. The zero-order valence-electron chi connectivity index (χ0n) is 24.8. The summed E-state index contributed by atoms with van der Waals surface area (Å²) >= 11 is 0. The van der Waals surface area contributed by atoms with E-state index in [1.54, 1.807) is 7.11 Å². The highest BCUT2D eigenvalue weighted by atomic mass is 16.5. The topological polar surface area (TPSA) is 95.4 Å². The number of aliphatic hydroxyl groups excluding tert-OH is 1. The lowest BCUT2D eigenvalue weighted by atomic mass is 9.90. The number of ether oxygens (including phenoxy) is 1. The van der Waals surface area contributed by atoms with Gasteiger partial charge in [-0.2, -0.15) is 5.26 Å². The average Bonchev–Trinajstić information content (AvgIpc) is 3.76. The molecule has 0 unspecified atom stereocenters. The fraction of sp³-hybridized carbons (Fsp3) is 0.306. The van der Waals surface area contributed by atoms with E-state index >= 15 is 0 Å². The van der Waals surface area contributed by atoms with E-state index in [9.17, 15) is 10.4 Å². The summed E-state index contributed by atoms with van der Waals surface area (Å²) in [6.07, 6.45) is 5.36. The Hall–Kier alpha value is -4.51. The van der Waals surface area contributed by atoms with Crippen LogP contribution in [-0.4, -0.2) is 46.3 Å². The predicted molar refractivity (Wildman–Crippen MR) is 167 cm³/mol. The first-order valence-corrected chi connectivity index (χ1v) is 14.9. The van der Waals surface area contributed by atoms with Crippen LogP contribution in [0.2, 0.25) is 0 Å². The van der Waals surface area contributed by atoms with Crippen molar-refractivity contribution in [2.24, 2.45) is 0 Å². The zero-order valence-corrected chi connectivity index (χ0v) is 24.8. The number of hydrogen-bond donors (Lipinski definition) is 1. The molecule has 1 aliphatic heterocycles. The summed E-state index contributed by atoms with van der Waals surface area (Å²) in [6, 6.07) is 19.3. The third-order valence-electron chi connectivity index (χ3n) is 9.12. The number of hydrogen-bond acceptors (Lipinski definition) is 7. The summed E-state index contributed by atoms with van der Waals surface area (Å²) in [5.74, 6) is 1.29. The summed E-state index contributed by atoms with van der Waals surface area (Å²) in [5.41, 5.74) is 11.8. The second kappa shape index (κ2) is 11.0. The predicted octanol–water partition coefficient (Wildman–Crippen LogP) is 6.78. The van der Waals surface area contributed by atoms with Gasteiger partial charge in [-0.1, -0.05) is 36.4 Å². The van der Waals surface area contributed by atoms with Crippen LogP contribution in [0.4, 0.5) is 0 Å². The van der Waals surface area contributed by atoms with Crippen molar-refractivity contribution in [2.75, 3.05) is 20.2 Å². The van der Waals surface area contributed by atoms with Gasteiger partial charge in [0.2, 0.25) is 5.88 Å². The summed E-state index contributed by atoms with van der Waals surface area (Å²) in [4.78, 5) is 11.8. The van der Waals surface area contributed by atoms with Gasteiger partial charge in [-0.3, -0.25) is 9.88 Å². The molecule has 7 heteroatoms. The maximum Gasteiger partial charge on any atom is 0.237 e. The van der Waals surface area contributed by atoms with Gasteiger partial charge in [0, 0.05) is 36.1 Å². The Kier molecular flexibility index (Phi) is 6.97. The van der Waals surface area contributed by atoms with E-state index in [1.165, 1.54) is 5.56 Å². The number of rotatable bonds is 6. The number of nitrogens with zero attached hydrogens (tertiary/aromatic N) is 4. The molecule has 1 atom stereocenters. The Labute approximate surface area is 251 Å². The number of likely N-dealkylation sites (tertiary alicyclic amines) is 1. The monoisotopic (exact) mass is 570 g/mol. The van der Waals surface area contributed by atoms with Gasteiger partial charge < -0.3 is 14.3 Å². The summed E-state index contributed by atoms with van der Waals surface area (Å²) < 4.78 is 12.1. The highest BCUT2D eigenvalue weighted by Crippen LogP contribution is 2.40. The number of aryl methyl sites for hydroxylation is 1. The first-order chi connectivity index (χ1) is 20.9. The number of furan rings is 1. The molecule has 5 aromatic rings. The first kappa shape index (κ1) is 27.3. The van der Waals surface area contributed by atoms with Crippen LogP contribution in [0.25, 0.3) is 44.7 Å². The molecule has 3 aromatic carbocycles. The van der Waals surface area contributed by atoms with Gasteiger partial charge in [0.05, 0.1) is 30.7 Å². The standard InChI is InChI=1S/C36H34N4O3/c1-21-26(8-5-10-28(21)32-18-38-33(36(39-32)42-3)20-40-14-13-25(41)19-40)27-9-6-11-29(22(27)2)34-16-24-15-23-7-4-12-30(23)31(17-37)35(24)43-34/h5-6,8-11,15-16,18,25,41H,4,7,12-14,19-20H2,1-3H3/t25-/m1/s1. The first-order valence-electron chi connectivity index (χ1n) is 14.9. The molecular weight excluding hydrogens is 536 g/mol. The number of β-amino-alcohol motifs (C(OH)–C–C–N with tert-alkyl or cyclic N) is 1.